The summed E-state index contributed by atoms with van der Waals surface area (Å²) in [5, 5.41) is 13.7. The Morgan fingerprint density at radius 3 is 2.39 bits per heavy atom. The first-order chi connectivity index (χ1) is 10.2. The van der Waals surface area contributed by atoms with E-state index in [-0.39, 0.29) is 30.6 Å². The van der Waals surface area contributed by atoms with Gasteiger partial charge in [0.2, 0.25) is 0 Å². The lowest BCUT2D eigenvalue weighted by molar-refractivity contribution is 0.419. The lowest BCUT2D eigenvalue weighted by atomic mass is 10.1. The SMILES string of the molecule is COc1cccc2c(Nc3ccc(O)cc3)cc(C)nc12.Cl.Cl. The van der Waals surface area contributed by atoms with Crippen LogP contribution in [-0.2, 0) is 0 Å². The monoisotopic (exact) mass is 352 g/mol. The van der Waals surface area contributed by atoms with Gasteiger partial charge < -0.3 is 15.2 Å². The number of aromatic hydroxyl groups is 1. The topological polar surface area (TPSA) is 54.4 Å². The van der Waals surface area contributed by atoms with Crippen molar-refractivity contribution >= 4 is 47.1 Å². The Bertz CT molecular complexity index is 792. The molecule has 0 unspecified atom stereocenters. The van der Waals surface area contributed by atoms with Gasteiger partial charge in [0.1, 0.15) is 17.0 Å². The molecule has 3 aromatic rings. The van der Waals surface area contributed by atoms with Gasteiger partial charge in [0, 0.05) is 22.5 Å². The maximum atomic E-state index is 9.35. The normalized spacial score (nSPS) is 9.65. The minimum Gasteiger partial charge on any atom is -0.508 e. The average Bonchev–Trinajstić information content (AvgIpc) is 2.49. The molecular weight excluding hydrogens is 335 g/mol. The minimum atomic E-state index is 0. The quantitative estimate of drug-likeness (QED) is 0.662. The maximum Gasteiger partial charge on any atom is 0.145 e. The van der Waals surface area contributed by atoms with Crippen LogP contribution in [0.2, 0.25) is 0 Å². The Morgan fingerprint density at radius 2 is 1.74 bits per heavy atom. The molecule has 1 aromatic heterocycles. The van der Waals surface area contributed by atoms with E-state index in [9.17, 15) is 5.11 Å². The molecule has 0 fully saturated rings. The van der Waals surface area contributed by atoms with Gasteiger partial charge in [-0.15, -0.1) is 24.8 Å². The lowest BCUT2D eigenvalue weighted by Gasteiger charge is -2.12. The van der Waals surface area contributed by atoms with Crippen LogP contribution in [0.15, 0.2) is 48.5 Å². The number of anilines is 2. The summed E-state index contributed by atoms with van der Waals surface area (Å²) in [7, 11) is 1.64. The molecule has 0 aliphatic carbocycles. The molecule has 0 aliphatic rings. The summed E-state index contributed by atoms with van der Waals surface area (Å²) in [5.74, 6) is 1.00. The molecule has 3 rings (SSSR count). The highest BCUT2D eigenvalue weighted by atomic mass is 35.5. The fourth-order valence-corrected chi connectivity index (χ4v) is 2.32. The summed E-state index contributed by atoms with van der Waals surface area (Å²) in [6.45, 7) is 1.95. The van der Waals surface area contributed by atoms with E-state index < -0.39 is 0 Å². The van der Waals surface area contributed by atoms with Crippen LogP contribution >= 0.6 is 24.8 Å². The van der Waals surface area contributed by atoms with E-state index in [0.717, 1.165) is 33.7 Å². The molecular formula is C17H18Cl2N2O2. The molecule has 0 saturated heterocycles. The highest BCUT2D eigenvalue weighted by Crippen LogP contribution is 2.31. The molecule has 0 spiro atoms. The van der Waals surface area contributed by atoms with Crippen LogP contribution in [0.1, 0.15) is 5.69 Å². The zero-order valence-corrected chi connectivity index (χ0v) is 14.4. The van der Waals surface area contributed by atoms with Gasteiger partial charge in [-0.05, 0) is 43.3 Å². The van der Waals surface area contributed by atoms with Crippen molar-refractivity contribution in [3.8, 4) is 11.5 Å². The minimum absolute atomic E-state index is 0. The first-order valence-electron chi connectivity index (χ1n) is 6.68. The van der Waals surface area contributed by atoms with Crippen molar-refractivity contribution in [2.75, 3.05) is 12.4 Å². The van der Waals surface area contributed by atoms with Gasteiger partial charge >= 0.3 is 0 Å². The number of nitrogens with one attached hydrogen (secondary N) is 1. The largest absolute Gasteiger partial charge is 0.508 e. The number of para-hydroxylation sites is 1. The summed E-state index contributed by atoms with van der Waals surface area (Å²) in [6, 6.07) is 14.8. The van der Waals surface area contributed by atoms with Crippen molar-refractivity contribution in [2.45, 2.75) is 6.92 Å². The van der Waals surface area contributed by atoms with Gasteiger partial charge in [-0.25, -0.2) is 4.98 Å². The highest BCUT2D eigenvalue weighted by Gasteiger charge is 2.08. The lowest BCUT2D eigenvalue weighted by Crippen LogP contribution is -1.96. The van der Waals surface area contributed by atoms with Crippen LogP contribution in [0.4, 0.5) is 11.4 Å². The number of nitrogens with zero attached hydrogens (tertiary/aromatic N) is 1. The van der Waals surface area contributed by atoms with Crippen LogP contribution in [0.25, 0.3) is 10.9 Å². The third kappa shape index (κ3) is 3.97. The van der Waals surface area contributed by atoms with Crippen molar-refractivity contribution < 1.29 is 9.84 Å². The van der Waals surface area contributed by atoms with E-state index >= 15 is 0 Å². The van der Waals surface area contributed by atoms with Crippen molar-refractivity contribution in [3.63, 3.8) is 0 Å². The number of fused-ring (bicyclic) bond motifs is 1. The van der Waals surface area contributed by atoms with Crippen molar-refractivity contribution in [1.82, 2.24) is 4.98 Å². The number of phenols is 1. The van der Waals surface area contributed by atoms with Crippen molar-refractivity contribution in [3.05, 3.63) is 54.2 Å². The Morgan fingerprint density at radius 1 is 1.04 bits per heavy atom. The fraction of sp³-hybridized carbons (Fsp3) is 0.118. The van der Waals surface area contributed by atoms with Crippen molar-refractivity contribution in [2.24, 2.45) is 0 Å². The van der Waals surface area contributed by atoms with Crippen LogP contribution in [-0.4, -0.2) is 17.2 Å². The standard InChI is InChI=1S/C17H16N2O2.2ClH/c1-11-10-15(19-12-6-8-13(20)9-7-12)14-4-3-5-16(21-2)17(14)18-11;;/h3-10,20H,1-2H3,(H,18,19);2*1H. The summed E-state index contributed by atoms with van der Waals surface area (Å²) in [4.78, 5) is 4.56. The van der Waals surface area contributed by atoms with E-state index in [1.54, 1.807) is 19.2 Å². The Kier molecular flexibility index (Phi) is 6.49. The van der Waals surface area contributed by atoms with Crippen molar-refractivity contribution in [1.29, 1.82) is 0 Å². The van der Waals surface area contributed by atoms with E-state index in [1.807, 2.05) is 43.3 Å². The number of halogens is 2. The van der Waals surface area contributed by atoms with E-state index in [0.29, 0.717) is 0 Å². The van der Waals surface area contributed by atoms with Crippen LogP contribution in [0.5, 0.6) is 11.5 Å². The first kappa shape index (κ1) is 18.9. The summed E-state index contributed by atoms with van der Waals surface area (Å²) < 4.78 is 5.38. The third-order valence-electron chi connectivity index (χ3n) is 3.30. The number of benzene rings is 2. The molecule has 6 heteroatoms. The number of methoxy groups -OCH3 is 1. The Balaban J connectivity index is 0.00000132. The first-order valence-corrected chi connectivity index (χ1v) is 6.68. The Hall–Kier alpha value is -2.17. The Labute approximate surface area is 147 Å². The molecule has 1 heterocycles. The molecule has 122 valence electrons. The molecule has 4 nitrogen and oxygen atoms in total. The fourth-order valence-electron chi connectivity index (χ4n) is 2.32. The highest BCUT2D eigenvalue weighted by molar-refractivity contribution is 5.96. The second-order valence-electron chi connectivity index (χ2n) is 4.84. The molecule has 0 radical (unpaired) electrons. The number of aryl methyl sites for hydroxylation is 1. The predicted molar refractivity (Wildman–Crippen MR) is 98.9 cm³/mol. The predicted octanol–water partition coefficient (Wildman–Crippen LogP) is 4.84. The maximum absolute atomic E-state index is 9.35. The molecule has 0 saturated carbocycles. The molecule has 2 N–H and O–H groups in total. The molecule has 0 atom stereocenters. The smallest absolute Gasteiger partial charge is 0.145 e. The number of pyridine rings is 1. The van der Waals surface area contributed by atoms with Crippen LogP contribution in [0, 0.1) is 6.92 Å². The number of phenolic OH excluding ortho intramolecular Hbond substituents is 1. The van der Waals surface area contributed by atoms with Gasteiger partial charge in [-0.1, -0.05) is 12.1 Å². The number of aromatic nitrogens is 1. The molecule has 0 aliphatic heterocycles. The molecule has 2 aromatic carbocycles. The molecule has 0 bridgehead atoms. The van der Waals surface area contributed by atoms with Gasteiger partial charge in [0.15, 0.2) is 0 Å². The number of ether oxygens (including phenoxy) is 1. The molecule has 0 amide bonds. The van der Waals surface area contributed by atoms with Crippen LogP contribution in [0.3, 0.4) is 0 Å². The summed E-state index contributed by atoms with van der Waals surface area (Å²) >= 11 is 0. The summed E-state index contributed by atoms with van der Waals surface area (Å²) in [6.07, 6.45) is 0. The number of rotatable bonds is 3. The third-order valence-corrected chi connectivity index (χ3v) is 3.30. The molecule has 23 heavy (non-hydrogen) atoms. The van der Waals surface area contributed by atoms with E-state index in [1.165, 1.54) is 0 Å². The van der Waals surface area contributed by atoms with Gasteiger partial charge in [0.05, 0.1) is 7.11 Å². The summed E-state index contributed by atoms with van der Waals surface area (Å²) in [5.41, 5.74) is 3.61. The van der Waals surface area contributed by atoms with Gasteiger partial charge in [-0.2, -0.15) is 0 Å². The van der Waals surface area contributed by atoms with Gasteiger partial charge in [-0.3, -0.25) is 0 Å². The average molecular weight is 353 g/mol. The number of hydrogen-bond acceptors (Lipinski definition) is 4. The van der Waals surface area contributed by atoms with E-state index in [2.05, 4.69) is 10.3 Å². The number of hydrogen-bond donors (Lipinski definition) is 2. The second kappa shape index (κ2) is 7.90. The van der Waals surface area contributed by atoms with E-state index in [4.69, 9.17) is 4.74 Å². The van der Waals surface area contributed by atoms with Crippen LogP contribution < -0.4 is 10.1 Å². The second-order valence-corrected chi connectivity index (χ2v) is 4.84. The van der Waals surface area contributed by atoms with Gasteiger partial charge in [0.25, 0.3) is 0 Å². The zero-order chi connectivity index (χ0) is 14.8. The zero-order valence-electron chi connectivity index (χ0n) is 12.7.